The summed E-state index contributed by atoms with van der Waals surface area (Å²) in [7, 11) is 0. The van der Waals surface area contributed by atoms with Crippen LogP contribution in [0, 0.1) is 5.82 Å². The molecule has 0 aliphatic rings. The predicted molar refractivity (Wildman–Crippen MR) is 89.7 cm³/mol. The molecule has 0 fully saturated rings. The van der Waals surface area contributed by atoms with Crippen molar-refractivity contribution < 1.29 is 9.18 Å². The van der Waals surface area contributed by atoms with Crippen LogP contribution in [-0.4, -0.2) is 20.9 Å². The van der Waals surface area contributed by atoms with Crippen LogP contribution in [0.15, 0.2) is 54.6 Å². The van der Waals surface area contributed by atoms with Gasteiger partial charge in [0.15, 0.2) is 5.69 Å². The summed E-state index contributed by atoms with van der Waals surface area (Å²) < 4.78 is 14.9. The number of aromatic nitrogens is 3. The van der Waals surface area contributed by atoms with Crippen LogP contribution in [0.5, 0.6) is 0 Å². The smallest absolute Gasteiger partial charge is 0.278 e. The van der Waals surface area contributed by atoms with Crippen LogP contribution in [0.2, 0.25) is 0 Å². The summed E-state index contributed by atoms with van der Waals surface area (Å²) in [5, 5.41) is 10.8. The van der Waals surface area contributed by atoms with Gasteiger partial charge in [0.2, 0.25) is 0 Å². The number of nitrogens with zero attached hydrogens (tertiary/aromatic N) is 3. The quantitative estimate of drug-likeness (QED) is 0.780. The Kier molecular flexibility index (Phi) is 4.65. The van der Waals surface area contributed by atoms with Crippen molar-refractivity contribution in [2.45, 2.75) is 19.8 Å². The van der Waals surface area contributed by atoms with Gasteiger partial charge < -0.3 is 5.32 Å². The first-order valence-electron chi connectivity index (χ1n) is 7.76. The maximum absolute atomic E-state index is 13.3. The van der Waals surface area contributed by atoms with Crippen molar-refractivity contribution in [2.24, 2.45) is 0 Å². The Labute approximate surface area is 139 Å². The van der Waals surface area contributed by atoms with Gasteiger partial charge in [0.1, 0.15) is 5.82 Å². The number of amides is 1. The minimum atomic E-state index is -0.408. The van der Waals surface area contributed by atoms with E-state index in [4.69, 9.17) is 0 Å². The van der Waals surface area contributed by atoms with Crippen molar-refractivity contribution in [1.29, 1.82) is 0 Å². The molecule has 1 heterocycles. The first-order valence-corrected chi connectivity index (χ1v) is 7.76. The summed E-state index contributed by atoms with van der Waals surface area (Å²) in [6.07, 6.45) is 1.51. The fourth-order valence-corrected chi connectivity index (χ4v) is 2.47. The lowest BCUT2D eigenvalue weighted by Gasteiger charge is -2.08. The second kappa shape index (κ2) is 7.04. The lowest BCUT2D eigenvalue weighted by atomic mass is 10.2. The third-order valence-electron chi connectivity index (χ3n) is 3.55. The van der Waals surface area contributed by atoms with Gasteiger partial charge in [-0.05, 0) is 36.8 Å². The molecule has 3 aromatic rings. The molecule has 0 spiro atoms. The summed E-state index contributed by atoms with van der Waals surface area (Å²) >= 11 is 0. The van der Waals surface area contributed by atoms with Crippen LogP contribution in [-0.2, 0) is 6.42 Å². The zero-order chi connectivity index (χ0) is 16.9. The molecule has 2 aromatic carbocycles. The average Bonchev–Trinajstić information content (AvgIpc) is 3.00. The Hall–Kier alpha value is -3.02. The van der Waals surface area contributed by atoms with Gasteiger partial charge in [-0.3, -0.25) is 4.79 Å². The van der Waals surface area contributed by atoms with Gasteiger partial charge in [-0.2, -0.15) is 0 Å². The SMILES string of the molecule is CCCc1c(C(=O)Nc2cccc(F)c2)nnn1-c1ccccc1. The van der Waals surface area contributed by atoms with E-state index in [1.165, 1.54) is 12.1 Å². The van der Waals surface area contributed by atoms with Crippen LogP contribution in [0.4, 0.5) is 10.1 Å². The van der Waals surface area contributed by atoms with E-state index in [1.54, 1.807) is 16.8 Å². The number of carbonyl (C=O) groups is 1. The number of rotatable bonds is 5. The zero-order valence-corrected chi connectivity index (χ0v) is 13.2. The Morgan fingerprint density at radius 3 is 2.67 bits per heavy atom. The van der Waals surface area contributed by atoms with Crippen molar-refractivity contribution in [2.75, 3.05) is 5.32 Å². The first-order chi connectivity index (χ1) is 11.7. The highest BCUT2D eigenvalue weighted by atomic mass is 19.1. The second-order valence-electron chi connectivity index (χ2n) is 5.35. The van der Waals surface area contributed by atoms with Gasteiger partial charge in [-0.15, -0.1) is 5.10 Å². The van der Waals surface area contributed by atoms with Gasteiger partial charge >= 0.3 is 0 Å². The van der Waals surface area contributed by atoms with E-state index in [0.717, 1.165) is 17.8 Å². The Morgan fingerprint density at radius 1 is 1.17 bits per heavy atom. The van der Waals surface area contributed by atoms with Gasteiger partial charge in [0, 0.05) is 5.69 Å². The van der Waals surface area contributed by atoms with E-state index >= 15 is 0 Å². The molecular formula is C18H17FN4O. The number of carbonyl (C=O) groups excluding carboxylic acids is 1. The van der Waals surface area contributed by atoms with Crippen LogP contribution >= 0.6 is 0 Å². The maximum Gasteiger partial charge on any atom is 0.278 e. The van der Waals surface area contributed by atoms with Crippen LogP contribution < -0.4 is 5.32 Å². The predicted octanol–water partition coefficient (Wildman–Crippen LogP) is 3.61. The lowest BCUT2D eigenvalue weighted by Crippen LogP contribution is -2.15. The molecule has 0 radical (unpaired) electrons. The number of para-hydroxylation sites is 1. The summed E-state index contributed by atoms with van der Waals surface area (Å²) in [4.78, 5) is 12.5. The molecule has 24 heavy (non-hydrogen) atoms. The molecule has 5 nitrogen and oxygen atoms in total. The van der Waals surface area contributed by atoms with Gasteiger partial charge in [-0.25, -0.2) is 9.07 Å². The molecule has 0 unspecified atom stereocenters. The molecule has 1 aromatic heterocycles. The van der Waals surface area contributed by atoms with Crippen LogP contribution in [0.3, 0.4) is 0 Å². The number of nitrogens with one attached hydrogen (secondary N) is 1. The lowest BCUT2D eigenvalue weighted by molar-refractivity contribution is 0.102. The number of anilines is 1. The minimum Gasteiger partial charge on any atom is -0.320 e. The van der Waals surface area contributed by atoms with E-state index in [0.29, 0.717) is 12.1 Å². The van der Waals surface area contributed by atoms with E-state index < -0.39 is 11.7 Å². The molecule has 0 saturated heterocycles. The molecule has 0 aliphatic heterocycles. The van der Waals surface area contributed by atoms with Crippen molar-refractivity contribution in [3.8, 4) is 5.69 Å². The largest absolute Gasteiger partial charge is 0.320 e. The molecule has 0 bridgehead atoms. The van der Waals surface area contributed by atoms with Crippen molar-refractivity contribution >= 4 is 11.6 Å². The highest BCUT2D eigenvalue weighted by Gasteiger charge is 2.20. The maximum atomic E-state index is 13.3. The van der Waals surface area contributed by atoms with Crippen LogP contribution in [0.25, 0.3) is 5.69 Å². The van der Waals surface area contributed by atoms with E-state index in [1.807, 2.05) is 37.3 Å². The highest BCUT2D eigenvalue weighted by Crippen LogP contribution is 2.17. The first kappa shape index (κ1) is 15.9. The number of benzene rings is 2. The molecule has 0 saturated carbocycles. The van der Waals surface area contributed by atoms with Crippen molar-refractivity contribution in [3.05, 3.63) is 71.8 Å². The molecule has 0 atom stereocenters. The summed E-state index contributed by atoms with van der Waals surface area (Å²) in [5.74, 6) is -0.805. The molecule has 1 amide bonds. The van der Waals surface area contributed by atoms with Gasteiger partial charge in [0.05, 0.1) is 11.4 Å². The third kappa shape index (κ3) is 3.32. The third-order valence-corrected chi connectivity index (χ3v) is 3.55. The Bertz CT molecular complexity index is 845. The van der Waals surface area contributed by atoms with E-state index in [2.05, 4.69) is 15.6 Å². The van der Waals surface area contributed by atoms with Crippen molar-refractivity contribution in [1.82, 2.24) is 15.0 Å². The fraction of sp³-hybridized carbons (Fsp3) is 0.167. The summed E-state index contributed by atoms with van der Waals surface area (Å²) in [5.41, 5.74) is 2.22. The van der Waals surface area contributed by atoms with E-state index in [9.17, 15) is 9.18 Å². The number of hydrogen-bond donors (Lipinski definition) is 1. The topological polar surface area (TPSA) is 59.8 Å². The fourth-order valence-electron chi connectivity index (χ4n) is 2.47. The van der Waals surface area contributed by atoms with Crippen molar-refractivity contribution in [3.63, 3.8) is 0 Å². The Balaban J connectivity index is 1.93. The monoisotopic (exact) mass is 324 g/mol. The van der Waals surface area contributed by atoms with Gasteiger partial charge in [-0.1, -0.05) is 42.8 Å². The minimum absolute atomic E-state index is 0.255. The summed E-state index contributed by atoms with van der Waals surface area (Å²) in [6.45, 7) is 2.02. The van der Waals surface area contributed by atoms with Crippen LogP contribution in [0.1, 0.15) is 29.5 Å². The molecule has 6 heteroatoms. The van der Waals surface area contributed by atoms with E-state index in [-0.39, 0.29) is 5.69 Å². The number of hydrogen-bond acceptors (Lipinski definition) is 3. The highest BCUT2D eigenvalue weighted by molar-refractivity contribution is 6.03. The average molecular weight is 324 g/mol. The molecule has 1 N–H and O–H groups in total. The molecular weight excluding hydrogens is 307 g/mol. The zero-order valence-electron chi connectivity index (χ0n) is 13.2. The Morgan fingerprint density at radius 2 is 1.96 bits per heavy atom. The number of halogens is 1. The normalized spacial score (nSPS) is 10.6. The molecule has 3 rings (SSSR count). The summed E-state index contributed by atoms with van der Waals surface area (Å²) in [6, 6.07) is 15.3. The molecule has 122 valence electrons. The van der Waals surface area contributed by atoms with Gasteiger partial charge in [0.25, 0.3) is 5.91 Å². The molecule has 0 aliphatic carbocycles. The standard InChI is InChI=1S/C18H17FN4O/c1-2-7-16-17(18(24)20-14-9-6-8-13(19)12-14)21-22-23(16)15-10-4-3-5-11-15/h3-6,8-12H,2,7H2,1H3,(H,20,24). The second-order valence-corrected chi connectivity index (χ2v) is 5.35.